The number of carbonyl (C=O) groups is 3. The molecule has 1 aliphatic heterocycles. The second-order valence-electron chi connectivity index (χ2n) is 6.91. The van der Waals surface area contributed by atoms with Gasteiger partial charge in [-0.3, -0.25) is 14.4 Å². The maximum atomic E-state index is 12.3. The van der Waals surface area contributed by atoms with Gasteiger partial charge >= 0.3 is 0 Å². The molecule has 1 aromatic carbocycles. The second-order valence-corrected chi connectivity index (χ2v) is 8.46. The van der Waals surface area contributed by atoms with Crippen molar-refractivity contribution in [3.63, 3.8) is 0 Å². The van der Waals surface area contributed by atoms with E-state index in [-0.39, 0.29) is 28.0 Å². The smallest absolute Gasteiger partial charge is 0.290 e. The highest BCUT2D eigenvalue weighted by Gasteiger charge is 2.41. The van der Waals surface area contributed by atoms with Gasteiger partial charge in [-0.2, -0.15) is 8.42 Å². The average molecular weight is 382 g/mol. The van der Waals surface area contributed by atoms with E-state index in [0.29, 0.717) is 6.42 Å². The van der Waals surface area contributed by atoms with Crippen LogP contribution in [0.2, 0.25) is 0 Å². The molecule has 1 atom stereocenters. The third kappa shape index (κ3) is 4.28. The van der Waals surface area contributed by atoms with Gasteiger partial charge in [0.15, 0.2) is 0 Å². The molecule has 0 bridgehead atoms. The van der Waals surface area contributed by atoms with Gasteiger partial charge in [-0.15, -0.1) is 9.35 Å². The molecule has 0 aromatic heterocycles. The molecule has 0 radical (unpaired) electrons. The van der Waals surface area contributed by atoms with Gasteiger partial charge in [0.2, 0.25) is 5.91 Å². The molecule has 1 heterocycles. The molecule has 2 rings (SSSR count). The summed E-state index contributed by atoms with van der Waals surface area (Å²) in [6.07, 6.45) is 0.611. The fourth-order valence-electron chi connectivity index (χ4n) is 2.49. The van der Waals surface area contributed by atoms with E-state index in [1.807, 2.05) is 6.92 Å². The van der Waals surface area contributed by atoms with Crippen LogP contribution in [0.15, 0.2) is 24.3 Å². The second kappa shape index (κ2) is 7.16. The van der Waals surface area contributed by atoms with Crippen LogP contribution in [0, 0.1) is 5.92 Å². The minimum absolute atomic E-state index is 0.0806. The average Bonchev–Trinajstić information content (AvgIpc) is 2.77. The van der Waals surface area contributed by atoms with Gasteiger partial charge < -0.3 is 5.32 Å². The lowest BCUT2D eigenvalue weighted by Gasteiger charge is -2.27. The molecule has 1 N–H and O–H groups in total. The fourth-order valence-corrected chi connectivity index (χ4v) is 3.87. The van der Waals surface area contributed by atoms with Gasteiger partial charge in [0, 0.05) is 5.92 Å². The van der Waals surface area contributed by atoms with Crippen molar-refractivity contribution in [1.29, 1.82) is 0 Å². The molecule has 1 aliphatic rings. The third-order valence-electron chi connectivity index (χ3n) is 4.00. The van der Waals surface area contributed by atoms with E-state index < -0.39 is 33.2 Å². The minimum atomic E-state index is -4.31. The lowest BCUT2D eigenvalue weighted by Crippen LogP contribution is -2.51. The lowest BCUT2D eigenvalue weighted by atomic mass is 10.0. The quantitative estimate of drug-likeness (QED) is 0.716. The summed E-state index contributed by atoms with van der Waals surface area (Å²) in [5.41, 5.74) is -0.980. The Kier molecular flexibility index (Phi) is 5.52. The zero-order valence-electron chi connectivity index (χ0n) is 15.1. The monoisotopic (exact) mass is 382 g/mol. The molecule has 1 aromatic rings. The maximum absolute atomic E-state index is 12.3. The van der Waals surface area contributed by atoms with Crippen molar-refractivity contribution in [3.8, 4) is 0 Å². The Hall–Kier alpha value is -2.26. The zero-order valence-corrected chi connectivity index (χ0v) is 15.9. The van der Waals surface area contributed by atoms with E-state index >= 15 is 0 Å². The standard InChI is InChI=1S/C17H22N2O6S/c1-5-11(2)14(20)18-17(3,4)10-26(23,24)25-19-15(21)12-8-6-7-9-13(12)16(19)22/h6-9,11H,5,10H2,1-4H3,(H,18,20). The van der Waals surface area contributed by atoms with Crippen LogP contribution in [0.5, 0.6) is 0 Å². The highest BCUT2D eigenvalue weighted by atomic mass is 32.2. The van der Waals surface area contributed by atoms with Gasteiger partial charge in [0.1, 0.15) is 5.75 Å². The molecule has 26 heavy (non-hydrogen) atoms. The number of fused-ring (bicyclic) bond motifs is 1. The number of benzene rings is 1. The molecule has 3 amide bonds. The summed E-state index contributed by atoms with van der Waals surface area (Å²) >= 11 is 0. The number of hydrogen-bond acceptors (Lipinski definition) is 6. The highest BCUT2D eigenvalue weighted by molar-refractivity contribution is 7.86. The van der Waals surface area contributed by atoms with Crippen LogP contribution in [0.1, 0.15) is 54.8 Å². The number of nitrogens with zero attached hydrogens (tertiary/aromatic N) is 1. The molecular formula is C17H22N2O6S. The number of imide groups is 1. The first-order valence-corrected chi connectivity index (χ1v) is 9.77. The third-order valence-corrected chi connectivity index (χ3v) is 5.46. The van der Waals surface area contributed by atoms with Crippen molar-refractivity contribution in [2.24, 2.45) is 5.92 Å². The summed E-state index contributed by atoms with van der Waals surface area (Å²) in [6, 6.07) is 5.97. The van der Waals surface area contributed by atoms with Gasteiger partial charge in [-0.1, -0.05) is 26.0 Å². The minimum Gasteiger partial charge on any atom is -0.350 e. The molecule has 0 aliphatic carbocycles. The van der Waals surface area contributed by atoms with E-state index in [0.717, 1.165) is 0 Å². The number of hydrogen-bond donors (Lipinski definition) is 1. The first-order valence-electron chi connectivity index (χ1n) is 8.19. The van der Waals surface area contributed by atoms with Crippen LogP contribution in [0.3, 0.4) is 0 Å². The predicted octanol–water partition coefficient (Wildman–Crippen LogP) is 1.48. The number of hydroxylamine groups is 2. The number of carbonyl (C=O) groups excluding carboxylic acids is 3. The summed E-state index contributed by atoms with van der Waals surface area (Å²) < 4.78 is 29.5. The van der Waals surface area contributed by atoms with Crippen LogP contribution in [-0.2, 0) is 19.2 Å². The van der Waals surface area contributed by atoms with Gasteiger partial charge in [-0.05, 0) is 32.4 Å². The summed E-state index contributed by atoms with van der Waals surface area (Å²) in [5, 5.41) is 2.88. The summed E-state index contributed by atoms with van der Waals surface area (Å²) in [5.74, 6) is -2.83. The van der Waals surface area contributed by atoms with Crippen molar-refractivity contribution in [2.75, 3.05) is 5.75 Å². The summed E-state index contributed by atoms with van der Waals surface area (Å²) in [4.78, 5) is 36.4. The topological polar surface area (TPSA) is 110 Å². The molecule has 8 nitrogen and oxygen atoms in total. The molecule has 0 fully saturated rings. The van der Waals surface area contributed by atoms with E-state index in [4.69, 9.17) is 4.28 Å². The molecule has 0 saturated carbocycles. The first kappa shape index (κ1) is 20.1. The van der Waals surface area contributed by atoms with Gasteiger partial charge in [0.25, 0.3) is 21.9 Å². The Morgan fingerprint density at radius 1 is 1.19 bits per heavy atom. The Balaban J connectivity index is 2.11. The molecule has 9 heteroatoms. The van der Waals surface area contributed by atoms with Gasteiger partial charge in [0.05, 0.1) is 16.7 Å². The Labute approximate surface area is 152 Å². The molecule has 0 saturated heterocycles. The largest absolute Gasteiger partial charge is 0.350 e. The van der Waals surface area contributed by atoms with Crippen molar-refractivity contribution >= 4 is 27.8 Å². The van der Waals surface area contributed by atoms with Crippen molar-refractivity contribution < 1.29 is 27.1 Å². The predicted molar refractivity (Wildman–Crippen MR) is 93.5 cm³/mol. The van der Waals surface area contributed by atoms with Gasteiger partial charge in [-0.25, -0.2) is 0 Å². The number of nitrogens with one attached hydrogen (secondary N) is 1. The summed E-state index contributed by atoms with van der Waals surface area (Å²) in [7, 11) is -4.31. The molecular weight excluding hydrogens is 360 g/mol. The molecule has 1 unspecified atom stereocenters. The van der Waals surface area contributed by atoms with Crippen LogP contribution in [0.25, 0.3) is 0 Å². The number of amides is 3. The van der Waals surface area contributed by atoms with Crippen molar-refractivity contribution in [3.05, 3.63) is 35.4 Å². The number of rotatable bonds is 7. The highest BCUT2D eigenvalue weighted by Crippen LogP contribution is 2.24. The molecule has 142 valence electrons. The van der Waals surface area contributed by atoms with E-state index in [2.05, 4.69) is 5.32 Å². The maximum Gasteiger partial charge on any atom is 0.290 e. The fraction of sp³-hybridized carbons (Fsp3) is 0.471. The van der Waals surface area contributed by atoms with Crippen LogP contribution in [0.4, 0.5) is 0 Å². The Morgan fingerprint density at radius 3 is 2.15 bits per heavy atom. The van der Waals surface area contributed by atoms with Crippen LogP contribution < -0.4 is 5.32 Å². The lowest BCUT2D eigenvalue weighted by molar-refractivity contribution is -0.126. The van der Waals surface area contributed by atoms with Crippen LogP contribution in [-0.4, -0.2) is 42.5 Å². The molecule has 0 spiro atoms. The van der Waals surface area contributed by atoms with Crippen LogP contribution >= 0.6 is 0 Å². The van der Waals surface area contributed by atoms with E-state index in [9.17, 15) is 22.8 Å². The van der Waals surface area contributed by atoms with Crippen molar-refractivity contribution in [1.82, 2.24) is 10.4 Å². The Morgan fingerprint density at radius 2 is 1.69 bits per heavy atom. The van der Waals surface area contributed by atoms with Crippen molar-refractivity contribution in [2.45, 2.75) is 39.7 Å². The SMILES string of the molecule is CCC(C)C(=O)NC(C)(C)CS(=O)(=O)ON1C(=O)c2ccccc2C1=O. The van der Waals surface area contributed by atoms with E-state index in [1.54, 1.807) is 19.1 Å². The zero-order chi connectivity index (χ0) is 19.7. The van der Waals surface area contributed by atoms with E-state index in [1.165, 1.54) is 26.0 Å². The Bertz CT molecular complexity index is 812. The summed E-state index contributed by atoms with van der Waals surface area (Å²) in [6.45, 7) is 6.63. The first-order chi connectivity index (χ1) is 12.0. The normalized spacial score (nSPS) is 15.8.